The van der Waals surface area contributed by atoms with Gasteiger partial charge in [0.25, 0.3) is 0 Å². The molecule has 2 N–H and O–H groups in total. The van der Waals surface area contributed by atoms with Gasteiger partial charge in [-0.1, -0.05) is 17.7 Å². The average Bonchev–Trinajstić information content (AvgIpc) is 2.49. The van der Waals surface area contributed by atoms with Crippen molar-refractivity contribution in [2.24, 2.45) is 5.41 Å². The van der Waals surface area contributed by atoms with Gasteiger partial charge in [0, 0.05) is 16.4 Å². The zero-order valence-electron chi connectivity index (χ0n) is 13.6. The fourth-order valence-electron chi connectivity index (χ4n) is 2.00. The van der Waals surface area contributed by atoms with Crippen molar-refractivity contribution in [1.82, 2.24) is 0 Å². The number of nitrogens with one attached hydrogen (secondary N) is 2. The minimum Gasteiger partial charge on any atom is -0.325 e. The molecule has 126 valence electrons. The Bertz CT molecular complexity index is 790. The van der Waals surface area contributed by atoms with Crippen molar-refractivity contribution in [2.75, 3.05) is 10.6 Å². The Labute approximate surface area is 145 Å². The summed E-state index contributed by atoms with van der Waals surface area (Å²) in [5.41, 5.74) is 0.315. The van der Waals surface area contributed by atoms with Crippen LogP contribution in [0.2, 0.25) is 5.02 Å². The van der Waals surface area contributed by atoms with Crippen molar-refractivity contribution in [1.29, 1.82) is 0 Å². The summed E-state index contributed by atoms with van der Waals surface area (Å²) in [7, 11) is 0. The number of hydrogen-bond donors (Lipinski definition) is 2. The van der Waals surface area contributed by atoms with Gasteiger partial charge >= 0.3 is 0 Å². The molecule has 0 spiro atoms. The van der Waals surface area contributed by atoms with Crippen molar-refractivity contribution in [2.45, 2.75) is 20.8 Å². The number of aryl methyl sites for hydroxylation is 1. The molecule has 0 bridgehead atoms. The molecule has 0 aliphatic rings. The van der Waals surface area contributed by atoms with E-state index in [0.717, 1.165) is 5.56 Å². The molecule has 4 nitrogen and oxygen atoms in total. The molecular formula is C18H18ClFN2O2. The van der Waals surface area contributed by atoms with E-state index in [1.165, 1.54) is 32.0 Å². The molecule has 0 unspecified atom stereocenters. The quantitative estimate of drug-likeness (QED) is 0.805. The molecule has 2 rings (SSSR count). The molecule has 0 heterocycles. The van der Waals surface area contributed by atoms with E-state index < -0.39 is 23.0 Å². The summed E-state index contributed by atoms with van der Waals surface area (Å²) in [5, 5.41) is 5.84. The molecule has 0 radical (unpaired) electrons. The summed E-state index contributed by atoms with van der Waals surface area (Å²) in [5.74, 6) is -1.47. The first-order valence-corrected chi connectivity index (χ1v) is 7.72. The fourth-order valence-corrected chi connectivity index (χ4v) is 2.23. The largest absolute Gasteiger partial charge is 0.325 e. The lowest BCUT2D eigenvalue weighted by Gasteiger charge is -2.23. The predicted molar refractivity (Wildman–Crippen MR) is 93.6 cm³/mol. The van der Waals surface area contributed by atoms with Crippen LogP contribution in [0.15, 0.2) is 42.5 Å². The lowest BCUT2D eigenvalue weighted by atomic mass is 9.90. The number of halogens is 2. The highest BCUT2D eigenvalue weighted by atomic mass is 35.5. The van der Waals surface area contributed by atoms with Crippen molar-refractivity contribution in [3.63, 3.8) is 0 Å². The molecule has 0 fully saturated rings. The first-order chi connectivity index (χ1) is 11.2. The van der Waals surface area contributed by atoms with Crippen molar-refractivity contribution in [3.8, 4) is 0 Å². The van der Waals surface area contributed by atoms with Gasteiger partial charge < -0.3 is 10.6 Å². The van der Waals surface area contributed by atoms with E-state index in [4.69, 9.17) is 11.6 Å². The molecule has 2 aromatic rings. The summed E-state index contributed by atoms with van der Waals surface area (Å²) >= 11 is 5.89. The van der Waals surface area contributed by atoms with E-state index in [-0.39, 0.29) is 0 Å². The van der Waals surface area contributed by atoms with Crippen molar-refractivity contribution < 1.29 is 14.0 Å². The molecule has 0 saturated heterocycles. The molecule has 24 heavy (non-hydrogen) atoms. The predicted octanol–water partition coefficient (Wildman–Crippen LogP) is 4.39. The van der Waals surface area contributed by atoms with E-state index >= 15 is 0 Å². The van der Waals surface area contributed by atoms with E-state index in [2.05, 4.69) is 10.6 Å². The van der Waals surface area contributed by atoms with Gasteiger partial charge in [-0.25, -0.2) is 4.39 Å². The number of hydrogen-bond acceptors (Lipinski definition) is 2. The van der Waals surface area contributed by atoms with Crippen molar-refractivity contribution >= 4 is 34.8 Å². The van der Waals surface area contributed by atoms with Crippen LogP contribution in [0.5, 0.6) is 0 Å². The summed E-state index contributed by atoms with van der Waals surface area (Å²) in [4.78, 5) is 24.9. The van der Waals surface area contributed by atoms with Crippen LogP contribution in [-0.2, 0) is 9.59 Å². The topological polar surface area (TPSA) is 58.2 Å². The van der Waals surface area contributed by atoms with Gasteiger partial charge in [-0.05, 0) is 62.7 Å². The average molecular weight is 349 g/mol. The summed E-state index contributed by atoms with van der Waals surface area (Å²) in [6, 6.07) is 10.6. The number of rotatable bonds is 4. The molecule has 0 aromatic heterocycles. The van der Waals surface area contributed by atoms with E-state index in [0.29, 0.717) is 16.4 Å². The first-order valence-electron chi connectivity index (χ1n) is 7.35. The smallest absolute Gasteiger partial charge is 0.239 e. The number of carbonyl (C=O) groups is 2. The third kappa shape index (κ3) is 4.11. The fraction of sp³-hybridized carbons (Fsp3) is 0.222. The van der Waals surface area contributed by atoms with Gasteiger partial charge in [0.05, 0.1) is 0 Å². The lowest BCUT2D eigenvalue weighted by Crippen LogP contribution is -2.41. The summed E-state index contributed by atoms with van der Waals surface area (Å²) < 4.78 is 13.2. The molecule has 0 aliphatic heterocycles. The van der Waals surface area contributed by atoms with Gasteiger partial charge in [0.1, 0.15) is 11.2 Å². The Morgan fingerprint density at radius 2 is 1.71 bits per heavy atom. The molecule has 0 aliphatic carbocycles. The lowest BCUT2D eigenvalue weighted by molar-refractivity contribution is -0.135. The van der Waals surface area contributed by atoms with Crippen LogP contribution in [0.25, 0.3) is 0 Å². The number of benzene rings is 2. The van der Waals surface area contributed by atoms with E-state index in [1.54, 1.807) is 31.2 Å². The Morgan fingerprint density at radius 1 is 1.04 bits per heavy atom. The Kier molecular flexibility index (Phi) is 5.24. The van der Waals surface area contributed by atoms with Crippen LogP contribution in [0.1, 0.15) is 19.4 Å². The minimum atomic E-state index is -1.35. The number of amides is 2. The first kappa shape index (κ1) is 17.9. The standard InChI is InChI=1S/C18H18ClFN2O2/c1-11-9-12(19)7-8-15(11)22-17(24)18(2,3)16(23)21-14-6-4-5-13(20)10-14/h4-10H,1-3H3,(H,21,23)(H,22,24). The van der Waals surface area contributed by atoms with Gasteiger partial charge in [-0.2, -0.15) is 0 Å². The third-order valence-corrected chi connectivity index (χ3v) is 3.89. The molecule has 0 atom stereocenters. The zero-order chi connectivity index (χ0) is 17.9. The minimum absolute atomic E-state index is 0.295. The maximum Gasteiger partial charge on any atom is 0.239 e. The Balaban J connectivity index is 2.12. The van der Waals surface area contributed by atoms with Crippen molar-refractivity contribution in [3.05, 3.63) is 58.9 Å². The SMILES string of the molecule is Cc1cc(Cl)ccc1NC(=O)C(C)(C)C(=O)Nc1cccc(F)c1. The van der Waals surface area contributed by atoms with Gasteiger partial charge in [-0.15, -0.1) is 0 Å². The monoisotopic (exact) mass is 348 g/mol. The van der Waals surface area contributed by atoms with Gasteiger partial charge in [0.15, 0.2) is 0 Å². The summed E-state index contributed by atoms with van der Waals surface area (Å²) in [6.45, 7) is 4.81. The highest BCUT2D eigenvalue weighted by Crippen LogP contribution is 2.25. The van der Waals surface area contributed by atoms with Crippen LogP contribution in [0.3, 0.4) is 0 Å². The molecule has 2 aromatic carbocycles. The van der Waals surface area contributed by atoms with Gasteiger partial charge in [0.2, 0.25) is 11.8 Å². The third-order valence-electron chi connectivity index (χ3n) is 3.65. The maximum absolute atomic E-state index is 13.2. The zero-order valence-corrected chi connectivity index (χ0v) is 14.4. The molecule has 0 saturated carbocycles. The highest BCUT2D eigenvalue weighted by Gasteiger charge is 2.36. The second kappa shape index (κ2) is 7.01. The Morgan fingerprint density at radius 3 is 2.33 bits per heavy atom. The highest BCUT2D eigenvalue weighted by molar-refractivity contribution is 6.30. The molecule has 6 heteroatoms. The maximum atomic E-state index is 13.2. The summed E-state index contributed by atoms with van der Waals surface area (Å²) in [6.07, 6.45) is 0. The van der Waals surface area contributed by atoms with Crippen LogP contribution >= 0.6 is 11.6 Å². The number of anilines is 2. The van der Waals surface area contributed by atoms with Crippen LogP contribution < -0.4 is 10.6 Å². The Hall–Kier alpha value is -2.40. The molecule has 2 amide bonds. The van der Waals surface area contributed by atoms with Crippen LogP contribution in [-0.4, -0.2) is 11.8 Å². The normalized spacial score (nSPS) is 11.0. The second-order valence-corrected chi connectivity index (χ2v) is 6.44. The second-order valence-electron chi connectivity index (χ2n) is 6.00. The van der Waals surface area contributed by atoms with E-state index in [1.807, 2.05) is 0 Å². The van der Waals surface area contributed by atoms with Gasteiger partial charge in [-0.3, -0.25) is 9.59 Å². The van der Waals surface area contributed by atoms with Crippen LogP contribution in [0, 0.1) is 18.2 Å². The molecular weight excluding hydrogens is 331 g/mol. The van der Waals surface area contributed by atoms with Crippen LogP contribution in [0.4, 0.5) is 15.8 Å². The van der Waals surface area contributed by atoms with E-state index in [9.17, 15) is 14.0 Å². The number of carbonyl (C=O) groups excluding carboxylic acids is 2.